The SMILES string of the molecule is O=C(NCCn1cc(C(=O)O)nn1)c1ccc(I)cc1. The molecule has 2 rings (SSSR count). The number of carboxylic acids is 1. The third-order valence-corrected chi connectivity index (χ3v) is 3.21. The summed E-state index contributed by atoms with van der Waals surface area (Å²) in [6.45, 7) is 0.698. The lowest BCUT2D eigenvalue weighted by Gasteiger charge is -2.05. The van der Waals surface area contributed by atoms with Crippen molar-refractivity contribution in [2.75, 3.05) is 6.54 Å². The highest BCUT2D eigenvalue weighted by molar-refractivity contribution is 14.1. The Morgan fingerprint density at radius 1 is 1.30 bits per heavy atom. The van der Waals surface area contributed by atoms with Crippen molar-refractivity contribution in [2.45, 2.75) is 6.54 Å². The second-order valence-corrected chi connectivity index (χ2v) is 5.18. The molecule has 2 aromatic rings. The van der Waals surface area contributed by atoms with Gasteiger partial charge in [-0.05, 0) is 46.9 Å². The Labute approximate surface area is 128 Å². The van der Waals surface area contributed by atoms with E-state index in [9.17, 15) is 9.59 Å². The molecule has 1 amide bonds. The number of hydrogen-bond acceptors (Lipinski definition) is 4. The normalized spacial score (nSPS) is 10.2. The summed E-state index contributed by atoms with van der Waals surface area (Å²) in [5, 5.41) is 18.6. The molecule has 2 N–H and O–H groups in total. The van der Waals surface area contributed by atoms with E-state index in [4.69, 9.17) is 5.11 Å². The van der Waals surface area contributed by atoms with Crippen LogP contribution in [-0.4, -0.2) is 38.5 Å². The molecule has 0 fully saturated rings. The number of rotatable bonds is 5. The summed E-state index contributed by atoms with van der Waals surface area (Å²) in [6.07, 6.45) is 1.32. The van der Waals surface area contributed by atoms with Gasteiger partial charge in [0.2, 0.25) is 0 Å². The Kier molecular flexibility index (Phi) is 4.66. The van der Waals surface area contributed by atoms with Gasteiger partial charge in [0.1, 0.15) is 0 Å². The van der Waals surface area contributed by atoms with Crippen LogP contribution in [0, 0.1) is 3.57 Å². The van der Waals surface area contributed by atoms with Crippen molar-refractivity contribution in [2.24, 2.45) is 0 Å². The highest BCUT2D eigenvalue weighted by atomic mass is 127. The van der Waals surface area contributed by atoms with Crippen LogP contribution in [0.2, 0.25) is 0 Å². The lowest BCUT2D eigenvalue weighted by Crippen LogP contribution is -2.27. The third-order valence-electron chi connectivity index (χ3n) is 2.49. The van der Waals surface area contributed by atoms with E-state index in [0.29, 0.717) is 18.7 Å². The fraction of sp³-hybridized carbons (Fsp3) is 0.167. The molecule has 0 unspecified atom stereocenters. The number of nitrogens with zero attached hydrogens (tertiary/aromatic N) is 3. The zero-order valence-corrected chi connectivity index (χ0v) is 12.4. The molecule has 0 atom stereocenters. The number of hydrogen-bond donors (Lipinski definition) is 2. The van der Waals surface area contributed by atoms with E-state index in [2.05, 4.69) is 38.2 Å². The van der Waals surface area contributed by atoms with Crippen LogP contribution in [0.1, 0.15) is 20.8 Å². The van der Waals surface area contributed by atoms with Gasteiger partial charge in [-0.2, -0.15) is 0 Å². The fourth-order valence-corrected chi connectivity index (χ4v) is 1.85. The number of aromatic carboxylic acids is 1. The van der Waals surface area contributed by atoms with Gasteiger partial charge in [0.05, 0.1) is 12.7 Å². The minimum atomic E-state index is -1.13. The predicted octanol–water partition coefficient (Wildman–Crippen LogP) is 1.01. The average Bonchev–Trinajstić information content (AvgIpc) is 2.88. The molecular weight excluding hydrogens is 375 g/mol. The Balaban J connectivity index is 1.84. The maximum atomic E-state index is 11.8. The van der Waals surface area contributed by atoms with E-state index in [1.165, 1.54) is 10.9 Å². The molecule has 0 aliphatic heterocycles. The molecule has 0 aliphatic rings. The summed E-state index contributed by atoms with van der Waals surface area (Å²) in [4.78, 5) is 22.4. The highest BCUT2D eigenvalue weighted by Gasteiger charge is 2.08. The zero-order valence-electron chi connectivity index (χ0n) is 10.3. The standard InChI is InChI=1S/C12H11IN4O3/c13-9-3-1-8(2-4-9)11(18)14-5-6-17-7-10(12(19)20)15-16-17/h1-4,7H,5-6H2,(H,14,18)(H,19,20). The number of carboxylic acid groups (broad SMARTS) is 1. The molecule has 0 saturated carbocycles. The minimum absolute atomic E-state index is 0.117. The first-order valence-corrected chi connectivity index (χ1v) is 6.81. The molecular formula is C12H11IN4O3. The second-order valence-electron chi connectivity index (χ2n) is 3.93. The van der Waals surface area contributed by atoms with Crippen molar-refractivity contribution in [3.8, 4) is 0 Å². The summed E-state index contributed by atoms with van der Waals surface area (Å²) in [7, 11) is 0. The molecule has 1 heterocycles. The third kappa shape index (κ3) is 3.76. The lowest BCUT2D eigenvalue weighted by atomic mass is 10.2. The van der Waals surface area contributed by atoms with Crippen LogP contribution in [0.15, 0.2) is 30.5 Å². The monoisotopic (exact) mass is 386 g/mol. The molecule has 20 heavy (non-hydrogen) atoms. The van der Waals surface area contributed by atoms with Gasteiger partial charge in [-0.1, -0.05) is 5.21 Å². The number of nitrogens with one attached hydrogen (secondary N) is 1. The van der Waals surface area contributed by atoms with Crippen LogP contribution in [0.5, 0.6) is 0 Å². The molecule has 7 nitrogen and oxygen atoms in total. The van der Waals surface area contributed by atoms with Crippen LogP contribution in [0.25, 0.3) is 0 Å². The van der Waals surface area contributed by atoms with Gasteiger partial charge in [-0.15, -0.1) is 5.10 Å². The predicted molar refractivity (Wildman–Crippen MR) is 78.5 cm³/mol. The lowest BCUT2D eigenvalue weighted by molar-refractivity contribution is 0.0690. The van der Waals surface area contributed by atoms with Crippen LogP contribution in [0.3, 0.4) is 0 Å². The molecule has 1 aromatic carbocycles. The van der Waals surface area contributed by atoms with Crippen molar-refractivity contribution in [1.82, 2.24) is 20.3 Å². The van der Waals surface area contributed by atoms with Crippen molar-refractivity contribution in [3.63, 3.8) is 0 Å². The Hall–Kier alpha value is -1.97. The van der Waals surface area contributed by atoms with Crippen LogP contribution in [-0.2, 0) is 6.54 Å². The first-order valence-electron chi connectivity index (χ1n) is 5.73. The van der Waals surface area contributed by atoms with E-state index < -0.39 is 5.97 Å². The van der Waals surface area contributed by atoms with E-state index in [1.54, 1.807) is 12.1 Å². The summed E-state index contributed by atoms with van der Waals surface area (Å²) in [5.41, 5.74) is 0.462. The topological polar surface area (TPSA) is 97.1 Å². The van der Waals surface area contributed by atoms with Crippen molar-refractivity contribution < 1.29 is 14.7 Å². The van der Waals surface area contributed by atoms with Crippen molar-refractivity contribution >= 4 is 34.5 Å². The molecule has 1 aromatic heterocycles. The van der Waals surface area contributed by atoms with Crippen LogP contribution >= 0.6 is 22.6 Å². The molecule has 0 radical (unpaired) electrons. The first kappa shape index (κ1) is 14.4. The van der Waals surface area contributed by atoms with Crippen molar-refractivity contribution in [1.29, 1.82) is 0 Å². The van der Waals surface area contributed by atoms with E-state index in [1.807, 2.05) is 12.1 Å². The Bertz CT molecular complexity index is 624. The molecule has 0 spiro atoms. The number of halogens is 1. The number of carbonyl (C=O) groups excluding carboxylic acids is 1. The van der Waals surface area contributed by atoms with Gasteiger partial charge in [0, 0.05) is 15.7 Å². The summed E-state index contributed by atoms with van der Waals surface area (Å²) < 4.78 is 2.43. The van der Waals surface area contributed by atoms with Crippen molar-refractivity contribution in [3.05, 3.63) is 45.3 Å². The Morgan fingerprint density at radius 3 is 2.60 bits per heavy atom. The van der Waals surface area contributed by atoms with E-state index in [0.717, 1.165) is 3.57 Å². The summed E-state index contributed by atoms with van der Waals surface area (Å²) in [5.74, 6) is -1.31. The molecule has 0 aliphatic carbocycles. The number of carbonyl (C=O) groups is 2. The van der Waals surface area contributed by atoms with Gasteiger partial charge in [-0.25, -0.2) is 9.48 Å². The highest BCUT2D eigenvalue weighted by Crippen LogP contribution is 2.06. The first-order chi connectivity index (χ1) is 9.56. The van der Waals surface area contributed by atoms with E-state index in [-0.39, 0.29) is 11.6 Å². The smallest absolute Gasteiger partial charge is 0.358 e. The van der Waals surface area contributed by atoms with Gasteiger partial charge >= 0.3 is 5.97 Å². The van der Waals surface area contributed by atoms with E-state index >= 15 is 0 Å². The van der Waals surface area contributed by atoms with Gasteiger partial charge in [0.15, 0.2) is 5.69 Å². The number of aromatic nitrogens is 3. The molecule has 104 valence electrons. The van der Waals surface area contributed by atoms with Crippen LogP contribution < -0.4 is 5.32 Å². The zero-order chi connectivity index (χ0) is 14.5. The summed E-state index contributed by atoms with van der Waals surface area (Å²) in [6, 6.07) is 7.20. The fourth-order valence-electron chi connectivity index (χ4n) is 1.49. The van der Waals surface area contributed by atoms with Gasteiger partial charge in [0.25, 0.3) is 5.91 Å². The Morgan fingerprint density at radius 2 is 2.00 bits per heavy atom. The minimum Gasteiger partial charge on any atom is -0.476 e. The van der Waals surface area contributed by atoms with Gasteiger partial charge in [-0.3, -0.25) is 4.79 Å². The average molecular weight is 386 g/mol. The molecule has 0 saturated heterocycles. The quantitative estimate of drug-likeness (QED) is 0.748. The second kappa shape index (κ2) is 6.46. The van der Waals surface area contributed by atoms with Crippen LogP contribution in [0.4, 0.5) is 0 Å². The number of amides is 1. The summed E-state index contributed by atoms with van der Waals surface area (Å²) >= 11 is 2.17. The maximum Gasteiger partial charge on any atom is 0.358 e. The maximum absolute atomic E-state index is 11.8. The molecule has 0 bridgehead atoms. The van der Waals surface area contributed by atoms with Gasteiger partial charge < -0.3 is 10.4 Å². The largest absolute Gasteiger partial charge is 0.476 e. The number of benzene rings is 1. The molecule has 8 heteroatoms.